The predicted molar refractivity (Wildman–Crippen MR) is 95.7 cm³/mol. The molecule has 1 saturated heterocycles. The number of nitrogens with one attached hydrogen (secondary N) is 1. The van der Waals surface area contributed by atoms with Crippen LogP contribution in [0.25, 0.3) is 0 Å². The lowest BCUT2D eigenvalue weighted by molar-refractivity contribution is -0.0246. The highest BCUT2D eigenvalue weighted by Crippen LogP contribution is 2.39. The molecule has 7 heteroatoms. The van der Waals surface area contributed by atoms with Crippen LogP contribution in [-0.4, -0.2) is 45.9 Å². The fourth-order valence-corrected chi connectivity index (χ4v) is 4.40. The van der Waals surface area contributed by atoms with Crippen molar-refractivity contribution in [3.05, 3.63) is 11.7 Å². The van der Waals surface area contributed by atoms with Gasteiger partial charge in [0.1, 0.15) is 0 Å². The van der Waals surface area contributed by atoms with E-state index in [2.05, 4.69) is 15.5 Å². The van der Waals surface area contributed by atoms with Crippen LogP contribution in [0.15, 0.2) is 4.52 Å². The fraction of sp³-hybridized carbons (Fsp3) is 0.842. The number of aromatic nitrogens is 2. The van der Waals surface area contributed by atoms with E-state index in [4.69, 9.17) is 9.26 Å². The minimum atomic E-state index is -0.0658. The molecular formula is C19H30N4O3. The van der Waals surface area contributed by atoms with Gasteiger partial charge in [-0.15, -0.1) is 0 Å². The summed E-state index contributed by atoms with van der Waals surface area (Å²) in [5, 5.41) is 7.21. The maximum atomic E-state index is 12.7. The lowest BCUT2D eigenvalue weighted by Gasteiger charge is -2.32. The van der Waals surface area contributed by atoms with Gasteiger partial charge in [0.2, 0.25) is 5.89 Å². The van der Waals surface area contributed by atoms with Gasteiger partial charge in [-0.05, 0) is 39.0 Å². The molecule has 1 aromatic heterocycles. The average Bonchev–Trinajstić information content (AvgIpc) is 3.19. The first-order valence-corrected chi connectivity index (χ1v) is 10.2. The molecule has 1 aromatic rings. The summed E-state index contributed by atoms with van der Waals surface area (Å²) in [5.41, 5.74) is 0.0125. The largest absolute Gasteiger partial charge is 0.373 e. The Balaban J connectivity index is 1.30. The maximum absolute atomic E-state index is 12.7. The number of hydrogen-bond acceptors (Lipinski definition) is 5. The zero-order chi connectivity index (χ0) is 18.0. The van der Waals surface area contributed by atoms with Crippen LogP contribution in [0, 0.1) is 0 Å². The standard InChI is InChI=1S/C19H30N4O3/c1-2-23(12-16-21-17(26-22-16)14-7-6-8-14)18(24)20-15-11-19(25-13-15)9-4-3-5-10-19/h14-15H,2-13H2,1H3,(H,20,24)/t15-/m1/s1. The van der Waals surface area contributed by atoms with E-state index in [0.717, 1.165) is 38.0 Å². The van der Waals surface area contributed by atoms with Crippen molar-refractivity contribution in [3.63, 3.8) is 0 Å². The van der Waals surface area contributed by atoms with Gasteiger partial charge in [-0.3, -0.25) is 0 Å². The summed E-state index contributed by atoms with van der Waals surface area (Å²) < 4.78 is 11.5. The minimum absolute atomic E-state index is 0.0125. The molecule has 144 valence electrons. The van der Waals surface area contributed by atoms with Crippen molar-refractivity contribution in [3.8, 4) is 0 Å². The van der Waals surface area contributed by atoms with Gasteiger partial charge >= 0.3 is 6.03 Å². The lowest BCUT2D eigenvalue weighted by atomic mass is 9.82. The number of amides is 2. The van der Waals surface area contributed by atoms with E-state index in [1.54, 1.807) is 4.90 Å². The van der Waals surface area contributed by atoms with Crippen LogP contribution in [0.4, 0.5) is 4.79 Å². The number of urea groups is 1. The van der Waals surface area contributed by atoms with Crippen LogP contribution in [0.5, 0.6) is 0 Å². The van der Waals surface area contributed by atoms with Crippen molar-refractivity contribution in [2.45, 2.75) is 88.8 Å². The molecule has 2 aliphatic carbocycles. The molecule has 0 aromatic carbocycles. The first kappa shape index (κ1) is 17.8. The van der Waals surface area contributed by atoms with E-state index in [9.17, 15) is 4.79 Å². The van der Waals surface area contributed by atoms with Crippen molar-refractivity contribution in [2.75, 3.05) is 13.2 Å². The Labute approximate surface area is 154 Å². The quantitative estimate of drug-likeness (QED) is 0.869. The summed E-state index contributed by atoms with van der Waals surface area (Å²) in [6.07, 6.45) is 10.5. The van der Waals surface area contributed by atoms with Crippen LogP contribution in [0.1, 0.15) is 82.3 Å². The van der Waals surface area contributed by atoms with Crippen molar-refractivity contribution in [2.24, 2.45) is 0 Å². The SMILES string of the molecule is CCN(Cc1noc(C2CCC2)n1)C(=O)N[C@H]1COC2(CCCCC2)C1. The number of hydrogen-bond donors (Lipinski definition) is 1. The van der Waals surface area contributed by atoms with E-state index in [1.807, 2.05) is 6.92 Å². The first-order chi connectivity index (χ1) is 12.7. The van der Waals surface area contributed by atoms with Gasteiger partial charge in [0.25, 0.3) is 0 Å². The van der Waals surface area contributed by atoms with E-state index in [0.29, 0.717) is 31.4 Å². The van der Waals surface area contributed by atoms with Gasteiger partial charge in [0.05, 0.1) is 24.8 Å². The van der Waals surface area contributed by atoms with Gasteiger partial charge in [-0.25, -0.2) is 4.79 Å². The minimum Gasteiger partial charge on any atom is -0.373 e. The molecule has 2 amide bonds. The van der Waals surface area contributed by atoms with E-state index >= 15 is 0 Å². The van der Waals surface area contributed by atoms with Gasteiger partial charge in [-0.2, -0.15) is 4.98 Å². The molecule has 1 aliphatic heterocycles. The Morgan fingerprint density at radius 1 is 1.27 bits per heavy atom. The third-order valence-corrected chi connectivity index (χ3v) is 6.24. The Bertz CT molecular complexity index is 622. The summed E-state index contributed by atoms with van der Waals surface area (Å²) in [7, 11) is 0. The Morgan fingerprint density at radius 3 is 2.77 bits per heavy atom. The van der Waals surface area contributed by atoms with Crippen molar-refractivity contribution in [1.29, 1.82) is 0 Å². The number of carbonyl (C=O) groups excluding carboxylic acids is 1. The smallest absolute Gasteiger partial charge is 0.318 e. The normalized spacial score (nSPS) is 25.2. The molecule has 0 radical (unpaired) electrons. The van der Waals surface area contributed by atoms with Gasteiger partial charge in [0.15, 0.2) is 5.82 Å². The molecule has 0 unspecified atom stereocenters. The van der Waals surface area contributed by atoms with Crippen LogP contribution in [-0.2, 0) is 11.3 Å². The molecular weight excluding hydrogens is 332 g/mol. The van der Waals surface area contributed by atoms with Crippen LogP contribution >= 0.6 is 0 Å². The van der Waals surface area contributed by atoms with E-state index in [-0.39, 0.29) is 17.7 Å². The number of nitrogens with zero attached hydrogens (tertiary/aromatic N) is 3. The maximum Gasteiger partial charge on any atom is 0.318 e. The molecule has 4 rings (SSSR count). The second-order valence-corrected chi connectivity index (χ2v) is 8.10. The Morgan fingerprint density at radius 2 is 2.08 bits per heavy atom. The van der Waals surface area contributed by atoms with Gasteiger partial charge in [-0.1, -0.05) is 30.8 Å². The van der Waals surface area contributed by atoms with Crippen molar-refractivity contribution < 1.29 is 14.1 Å². The second-order valence-electron chi connectivity index (χ2n) is 8.10. The Hall–Kier alpha value is -1.63. The highest BCUT2D eigenvalue weighted by molar-refractivity contribution is 5.74. The van der Waals surface area contributed by atoms with Crippen LogP contribution in [0.3, 0.4) is 0 Å². The highest BCUT2D eigenvalue weighted by Gasteiger charge is 2.41. The molecule has 1 N–H and O–H groups in total. The molecule has 0 bridgehead atoms. The summed E-state index contributed by atoms with van der Waals surface area (Å²) >= 11 is 0. The summed E-state index contributed by atoms with van der Waals surface area (Å²) in [6, 6.07) is 0.0365. The van der Waals surface area contributed by atoms with E-state index in [1.165, 1.54) is 25.7 Å². The Kier molecular flexibility index (Phi) is 5.16. The fourth-order valence-electron chi connectivity index (χ4n) is 4.40. The zero-order valence-electron chi connectivity index (χ0n) is 15.7. The summed E-state index contributed by atoms with van der Waals surface area (Å²) in [4.78, 5) is 18.9. The molecule has 2 saturated carbocycles. The van der Waals surface area contributed by atoms with Gasteiger partial charge in [0, 0.05) is 12.5 Å². The van der Waals surface area contributed by atoms with Crippen LogP contribution in [0.2, 0.25) is 0 Å². The molecule has 1 atom stereocenters. The number of rotatable bonds is 5. The number of carbonyl (C=O) groups is 1. The lowest BCUT2D eigenvalue weighted by Crippen LogP contribution is -2.45. The molecule has 7 nitrogen and oxygen atoms in total. The zero-order valence-corrected chi connectivity index (χ0v) is 15.7. The average molecular weight is 362 g/mol. The predicted octanol–water partition coefficient (Wildman–Crippen LogP) is 3.36. The molecule has 26 heavy (non-hydrogen) atoms. The van der Waals surface area contributed by atoms with Gasteiger partial charge < -0.3 is 19.5 Å². The molecule has 3 aliphatic rings. The topological polar surface area (TPSA) is 80.5 Å². The number of ether oxygens (including phenoxy) is 1. The third kappa shape index (κ3) is 3.72. The van der Waals surface area contributed by atoms with Crippen molar-refractivity contribution in [1.82, 2.24) is 20.4 Å². The second kappa shape index (κ2) is 7.55. The molecule has 1 spiro atoms. The highest BCUT2D eigenvalue weighted by atomic mass is 16.5. The molecule has 3 fully saturated rings. The summed E-state index contributed by atoms with van der Waals surface area (Å²) in [5.74, 6) is 1.74. The van der Waals surface area contributed by atoms with E-state index < -0.39 is 0 Å². The third-order valence-electron chi connectivity index (χ3n) is 6.24. The first-order valence-electron chi connectivity index (χ1n) is 10.2. The van der Waals surface area contributed by atoms with Crippen molar-refractivity contribution >= 4 is 6.03 Å². The molecule has 2 heterocycles. The van der Waals surface area contributed by atoms with Crippen LogP contribution < -0.4 is 5.32 Å². The summed E-state index contributed by atoms with van der Waals surface area (Å²) in [6.45, 7) is 3.59. The monoisotopic (exact) mass is 362 g/mol.